The van der Waals surface area contributed by atoms with Gasteiger partial charge in [0.15, 0.2) is 11.5 Å². The molecule has 0 saturated heterocycles. The van der Waals surface area contributed by atoms with E-state index in [4.69, 9.17) is 25.8 Å². The van der Waals surface area contributed by atoms with Gasteiger partial charge in [-0.3, -0.25) is 4.79 Å². The van der Waals surface area contributed by atoms with Crippen LogP contribution in [0.5, 0.6) is 17.2 Å². The Bertz CT molecular complexity index is 682. The zero-order valence-corrected chi connectivity index (χ0v) is 13.4. The lowest BCUT2D eigenvalue weighted by molar-refractivity contribution is -0.133. The van der Waals surface area contributed by atoms with Gasteiger partial charge in [0.2, 0.25) is 0 Å². The number of halogens is 1. The van der Waals surface area contributed by atoms with E-state index in [0.29, 0.717) is 22.3 Å². The summed E-state index contributed by atoms with van der Waals surface area (Å²) < 4.78 is 15.7. The highest BCUT2D eigenvalue weighted by Crippen LogP contribution is 2.29. The quantitative estimate of drug-likeness (QED) is 0.620. The van der Waals surface area contributed by atoms with E-state index in [1.807, 2.05) is 13.0 Å². The molecule has 0 aliphatic rings. The van der Waals surface area contributed by atoms with Gasteiger partial charge in [0.05, 0.1) is 25.7 Å². The number of carbonyl (C=O) groups excluding carboxylic acids is 1. The fourth-order valence-corrected chi connectivity index (χ4v) is 2.16. The zero-order valence-electron chi connectivity index (χ0n) is 12.7. The van der Waals surface area contributed by atoms with Crippen LogP contribution in [0.4, 0.5) is 0 Å². The third-order valence-corrected chi connectivity index (χ3v) is 3.42. The first-order valence-corrected chi connectivity index (χ1v) is 7.09. The van der Waals surface area contributed by atoms with Crippen LogP contribution >= 0.6 is 11.6 Å². The van der Waals surface area contributed by atoms with E-state index in [1.165, 1.54) is 0 Å². The second kappa shape index (κ2) is 7.18. The summed E-state index contributed by atoms with van der Waals surface area (Å²) >= 11 is 6.02. The summed E-state index contributed by atoms with van der Waals surface area (Å²) in [5, 5.41) is 0.409. The smallest absolute Gasteiger partial charge is 0.315 e. The zero-order chi connectivity index (χ0) is 16.1. The molecule has 0 aliphatic heterocycles. The normalized spacial score (nSPS) is 10.2. The van der Waals surface area contributed by atoms with Crippen LogP contribution in [0.1, 0.15) is 11.1 Å². The second-order valence-electron chi connectivity index (χ2n) is 4.77. The van der Waals surface area contributed by atoms with Crippen molar-refractivity contribution in [2.75, 3.05) is 14.2 Å². The summed E-state index contributed by atoms with van der Waals surface area (Å²) in [6.07, 6.45) is 0.116. The van der Waals surface area contributed by atoms with Crippen molar-refractivity contribution in [3.8, 4) is 17.2 Å². The minimum Gasteiger partial charge on any atom is -0.493 e. The molecule has 0 radical (unpaired) electrons. The Labute approximate surface area is 134 Å². The number of methoxy groups -OCH3 is 2. The molecule has 0 atom stereocenters. The lowest BCUT2D eigenvalue weighted by Crippen LogP contribution is -2.11. The van der Waals surface area contributed by atoms with Crippen LogP contribution in [0.2, 0.25) is 5.02 Å². The average Bonchev–Trinajstić information content (AvgIpc) is 2.50. The van der Waals surface area contributed by atoms with Gasteiger partial charge < -0.3 is 14.2 Å². The van der Waals surface area contributed by atoms with Gasteiger partial charge in [-0.05, 0) is 42.3 Å². The van der Waals surface area contributed by atoms with Crippen molar-refractivity contribution in [3.63, 3.8) is 0 Å². The van der Waals surface area contributed by atoms with Crippen LogP contribution in [-0.2, 0) is 11.2 Å². The fourth-order valence-electron chi connectivity index (χ4n) is 2.00. The molecule has 0 saturated carbocycles. The molecule has 0 aliphatic carbocycles. The molecule has 0 bridgehead atoms. The maximum Gasteiger partial charge on any atom is 0.315 e. The molecular weight excluding hydrogens is 304 g/mol. The number of rotatable bonds is 5. The van der Waals surface area contributed by atoms with E-state index < -0.39 is 0 Å². The Hall–Kier alpha value is -2.20. The molecule has 0 spiro atoms. The predicted octanol–water partition coefficient (Wildman–Crippen LogP) is 3.81. The van der Waals surface area contributed by atoms with E-state index in [2.05, 4.69) is 0 Å². The maximum absolute atomic E-state index is 12.0. The molecule has 2 rings (SSSR count). The molecule has 2 aromatic carbocycles. The highest BCUT2D eigenvalue weighted by molar-refractivity contribution is 6.32. The van der Waals surface area contributed by atoms with Gasteiger partial charge in [0, 0.05) is 0 Å². The maximum atomic E-state index is 12.0. The van der Waals surface area contributed by atoms with Crippen molar-refractivity contribution in [1.29, 1.82) is 0 Å². The van der Waals surface area contributed by atoms with E-state index in [9.17, 15) is 4.79 Å². The van der Waals surface area contributed by atoms with Gasteiger partial charge in [-0.2, -0.15) is 0 Å². The molecule has 0 heterocycles. The average molecular weight is 321 g/mol. The first-order chi connectivity index (χ1) is 10.5. The summed E-state index contributed by atoms with van der Waals surface area (Å²) in [4.78, 5) is 12.0. The lowest BCUT2D eigenvalue weighted by atomic mass is 10.1. The van der Waals surface area contributed by atoms with Gasteiger partial charge in [-0.25, -0.2) is 0 Å². The minimum atomic E-state index is -0.389. The van der Waals surface area contributed by atoms with Gasteiger partial charge in [-0.15, -0.1) is 0 Å². The number of hydrogen-bond donors (Lipinski definition) is 0. The summed E-state index contributed by atoms with van der Waals surface area (Å²) in [5.41, 5.74) is 1.74. The largest absolute Gasteiger partial charge is 0.493 e. The monoisotopic (exact) mass is 320 g/mol. The molecule has 116 valence electrons. The molecule has 0 aromatic heterocycles. The van der Waals surface area contributed by atoms with Gasteiger partial charge >= 0.3 is 5.97 Å². The Morgan fingerprint density at radius 3 is 2.41 bits per heavy atom. The third kappa shape index (κ3) is 3.92. The van der Waals surface area contributed by atoms with Crippen LogP contribution in [0.3, 0.4) is 0 Å². The van der Waals surface area contributed by atoms with Gasteiger partial charge in [0.25, 0.3) is 0 Å². The van der Waals surface area contributed by atoms with E-state index in [-0.39, 0.29) is 12.4 Å². The molecule has 22 heavy (non-hydrogen) atoms. The van der Waals surface area contributed by atoms with E-state index in [0.717, 1.165) is 11.1 Å². The summed E-state index contributed by atoms with van der Waals surface area (Å²) in [6, 6.07) is 10.6. The first-order valence-electron chi connectivity index (χ1n) is 6.71. The second-order valence-corrected chi connectivity index (χ2v) is 5.18. The van der Waals surface area contributed by atoms with Crippen molar-refractivity contribution in [2.45, 2.75) is 13.3 Å². The number of benzene rings is 2. The number of carbonyl (C=O) groups is 1. The Kier molecular flexibility index (Phi) is 5.28. The van der Waals surface area contributed by atoms with Crippen molar-refractivity contribution in [1.82, 2.24) is 0 Å². The van der Waals surface area contributed by atoms with Crippen LogP contribution in [0, 0.1) is 6.92 Å². The van der Waals surface area contributed by atoms with E-state index in [1.54, 1.807) is 44.6 Å². The molecule has 0 amide bonds. The van der Waals surface area contributed by atoms with Gasteiger partial charge in [0.1, 0.15) is 5.75 Å². The highest BCUT2D eigenvalue weighted by Gasteiger charge is 2.12. The standard InChI is InChI=1S/C17H17ClO4/c1-11-4-6-13(18)15(8-11)22-17(19)10-12-5-7-14(20-2)16(9-12)21-3/h4-9H,10H2,1-3H3. The fraction of sp³-hybridized carbons (Fsp3) is 0.235. The van der Waals surface area contributed by atoms with Crippen LogP contribution in [-0.4, -0.2) is 20.2 Å². The van der Waals surface area contributed by atoms with Crippen molar-refractivity contribution in [3.05, 3.63) is 52.5 Å². The summed E-state index contributed by atoms with van der Waals surface area (Å²) in [5.74, 6) is 1.16. The highest BCUT2D eigenvalue weighted by atomic mass is 35.5. The van der Waals surface area contributed by atoms with Crippen molar-refractivity contribution >= 4 is 17.6 Å². The van der Waals surface area contributed by atoms with Crippen LogP contribution in [0.15, 0.2) is 36.4 Å². The molecular formula is C17H17ClO4. The molecule has 0 unspecified atom stereocenters. The topological polar surface area (TPSA) is 44.8 Å². The number of aryl methyl sites for hydroxylation is 1. The minimum absolute atomic E-state index is 0.116. The number of ether oxygens (including phenoxy) is 3. The molecule has 4 nitrogen and oxygen atoms in total. The SMILES string of the molecule is COc1ccc(CC(=O)Oc2cc(C)ccc2Cl)cc1OC. The van der Waals surface area contributed by atoms with Gasteiger partial charge in [-0.1, -0.05) is 23.7 Å². The first kappa shape index (κ1) is 16.2. The Balaban J connectivity index is 2.10. The number of esters is 1. The molecule has 2 aromatic rings. The van der Waals surface area contributed by atoms with Crippen LogP contribution in [0.25, 0.3) is 0 Å². The summed E-state index contributed by atoms with van der Waals surface area (Å²) in [7, 11) is 3.11. The predicted molar refractivity (Wildman–Crippen MR) is 85.1 cm³/mol. The Morgan fingerprint density at radius 1 is 1.00 bits per heavy atom. The molecule has 0 fully saturated rings. The molecule has 0 N–H and O–H groups in total. The lowest BCUT2D eigenvalue weighted by Gasteiger charge is -2.10. The molecule has 5 heteroatoms. The summed E-state index contributed by atoms with van der Waals surface area (Å²) in [6.45, 7) is 1.90. The van der Waals surface area contributed by atoms with Crippen molar-refractivity contribution < 1.29 is 19.0 Å². The van der Waals surface area contributed by atoms with Crippen LogP contribution < -0.4 is 14.2 Å². The van der Waals surface area contributed by atoms with Crippen molar-refractivity contribution in [2.24, 2.45) is 0 Å². The number of hydrogen-bond acceptors (Lipinski definition) is 4. The third-order valence-electron chi connectivity index (χ3n) is 3.11. The van der Waals surface area contributed by atoms with E-state index >= 15 is 0 Å². The Morgan fingerprint density at radius 2 is 1.73 bits per heavy atom.